The van der Waals surface area contributed by atoms with Gasteiger partial charge in [0, 0.05) is 6.54 Å². The smallest absolute Gasteiger partial charge is 0.310 e. The molecule has 0 fully saturated rings. The summed E-state index contributed by atoms with van der Waals surface area (Å²) < 4.78 is 0. The molecule has 2 N–H and O–H groups in total. The minimum absolute atomic E-state index is 0.169. The summed E-state index contributed by atoms with van der Waals surface area (Å²) in [4.78, 5) is 22.6. The second-order valence-electron chi connectivity index (χ2n) is 3.65. The van der Waals surface area contributed by atoms with Gasteiger partial charge < -0.3 is 10.6 Å². The van der Waals surface area contributed by atoms with Crippen LogP contribution in [0.4, 0.5) is 0 Å². The second kappa shape index (κ2) is 7.07. The fourth-order valence-electron chi connectivity index (χ4n) is 1.53. The monoisotopic (exact) mass is 245 g/mol. The normalized spacial score (nSPS) is 9.33. The van der Waals surface area contributed by atoms with Crippen molar-refractivity contribution in [2.75, 3.05) is 6.54 Å². The van der Waals surface area contributed by atoms with Gasteiger partial charge in [-0.3, -0.25) is 9.59 Å². The Morgan fingerprint density at radius 1 is 1.17 bits per heavy atom. The zero-order valence-electron chi connectivity index (χ0n) is 10.2. The fraction of sp³-hybridized carbons (Fsp3) is 0.308. The average molecular weight is 245 g/mol. The van der Waals surface area contributed by atoms with Crippen LogP contribution in [0.25, 0.3) is 0 Å². The van der Waals surface area contributed by atoms with Gasteiger partial charge in [0.1, 0.15) is 6.54 Å². The van der Waals surface area contributed by atoms with E-state index >= 15 is 0 Å². The Morgan fingerprint density at radius 2 is 1.78 bits per heavy atom. The van der Waals surface area contributed by atoms with Crippen LogP contribution in [0.1, 0.15) is 18.1 Å². The molecule has 0 unspecified atom stereocenters. The first-order valence-corrected chi connectivity index (χ1v) is 5.68. The SMILES string of the molecule is CCc1ccccc1CNC(=O)C(=O)NCC#N. The van der Waals surface area contributed by atoms with Crippen molar-refractivity contribution in [2.45, 2.75) is 19.9 Å². The van der Waals surface area contributed by atoms with Crippen LogP contribution in [-0.2, 0) is 22.6 Å². The van der Waals surface area contributed by atoms with Crippen LogP contribution in [0, 0.1) is 11.3 Å². The first kappa shape index (κ1) is 13.7. The summed E-state index contributed by atoms with van der Waals surface area (Å²) in [5.41, 5.74) is 2.12. The molecule has 0 spiro atoms. The zero-order valence-corrected chi connectivity index (χ0v) is 10.2. The molecule has 0 saturated carbocycles. The molecule has 2 amide bonds. The van der Waals surface area contributed by atoms with Crippen LogP contribution in [0.2, 0.25) is 0 Å². The first-order chi connectivity index (χ1) is 8.69. The molecule has 0 aliphatic heterocycles. The number of carbonyl (C=O) groups is 2. The number of amides is 2. The van der Waals surface area contributed by atoms with E-state index in [4.69, 9.17) is 5.26 Å². The Bertz CT molecular complexity index is 477. The maximum Gasteiger partial charge on any atom is 0.310 e. The van der Waals surface area contributed by atoms with Crippen molar-refractivity contribution in [1.29, 1.82) is 5.26 Å². The number of rotatable bonds is 4. The highest BCUT2D eigenvalue weighted by Gasteiger charge is 2.12. The summed E-state index contributed by atoms with van der Waals surface area (Å²) in [7, 11) is 0. The average Bonchev–Trinajstić information content (AvgIpc) is 2.42. The molecule has 0 aliphatic rings. The molecule has 1 rings (SSSR count). The summed E-state index contributed by atoms with van der Waals surface area (Å²) in [6.07, 6.45) is 0.868. The van der Waals surface area contributed by atoms with Crippen LogP contribution >= 0.6 is 0 Å². The summed E-state index contributed by atoms with van der Waals surface area (Å²) >= 11 is 0. The third-order valence-electron chi connectivity index (χ3n) is 2.47. The molecule has 0 bridgehead atoms. The van der Waals surface area contributed by atoms with E-state index in [1.807, 2.05) is 31.2 Å². The summed E-state index contributed by atoms with van der Waals surface area (Å²) in [6.45, 7) is 2.17. The quantitative estimate of drug-likeness (QED) is 0.599. The van der Waals surface area contributed by atoms with Crippen molar-refractivity contribution in [1.82, 2.24) is 10.6 Å². The first-order valence-electron chi connectivity index (χ1n) is 5.68. The number of carbonyl (C=O) groups excluding carboxylic acids is 2. The predicted molar refractivity (Wildman–Crippen MR) is 66.3 cm³/mol. The van der Waals surface area contributed by atoms with Crippen molar-refractivity contribution in [3.8, 4) is 6.07 Å². The van der Waals surface area contributed by atoms with E-state index in [0.717, 1.165) is 17.5 Å². The van der Waals surface area contributed by atoms with Gasteiger partial charge in [-0.15, -0.1) is 0 Å². The molecule has 0 radical (unpaired) electrons. The number of hydrogen-bond donors (Lipinski definition) is 2. The lowest BCUT2D eigenvalue weighted by atomic mass is 10.1. The third kappa shape index (κ3) is 3.91. The van der Waals surface area contributed by atoms with E-state index < -0.39 is 11.8 Å². The summed E-state index contributed by atoms with van der Waals surface area (Å²) in [5.74, 6) is -1.51. The summed E-state index contributed by atoms with van der Waals surface area (Å²) in [6, 6.07) is 9.45. The molecule has 1 aromatic rings. The Balaban J connectivity index is 2.52. The molecule has 1 aromatic carbocycles. The highest BCUT2D eigenvalue weighted by molar-refractivity contribution is 6.35. The zero-order chi connectivity index (χ0) is 13.4. The van der Waals surface area contributed by atoms with Crippen molar-refractivity contribution in [2.24, 2.45) is 0 Å². The summed E-state index contributed by atoms with van der Waals surface area (Å²) in [5, 5.41) is 13.0. The number of nitrogens with zero attached hydrogens (tertiary/aromatic N) is 1. The molecule has 0 saturated heterocycles. The number of hydrogen-bond acceptors (Lipinski definition) is 3. The molecule has 5 nitrogen and oxygen atoms in total. The second-order valence-corrected chi connectivity index (χ2v) is 3.65. The molecule has 0 heterocycles. The minimum atomic E-state index is -0.787. The lowest BCUT2D eigenvalue weighted by Crippen LogP contribution is -2.39. The molecule has 0 aromatic heterocycles. The Morgan fingerprint density at radius 3 is 2.39 bits per heavy atom. The van der Waals surface area contributed by atoms with Crippen molar-refractivity contribution in [3.63, 3.8) is 0 Å². The van der Waals surface area contributed by atoms with Crippen molar-refractivity contribution < 1.29 is 9.59 Å². The van der Waals surface area contributed by atoms with E-state index in [1.165, 1.54) is 0 Å². The molecule has 0 atom stereocenters. The van der Waals surface area contributed by atoms with Crippen LogP contribution < -0.4 is 10.6 Å². The van der Waals surface area contributed by atoms with E-state index in [-0.39, 0.29) is 6.54 Å². The van der Waals surface area contributed by atoms with Gasteiger partial charge in [-0.2, -0.15) is 5.26 Å². The largest absolute Gasteiger partial charge is 0.344 e. The topological polar surface area (TPSA) is 82.0 Å². The predicted octanol–water partition coefficient (Wildman–Crippen LogP) is 0.505. The molecule has 94 valence electrons. The van der Waals surface area contributed by atoms with Crippen LogP contribution in [-0.4, -0.2) is 18.4 Å². The highest BCUT2D eigenvalue weighted by Crippen LogP contribution is 2.08. The fourth-order valence-corrected chi connectivity index (χ4v) is 1.53. The van der Waals surface area contributed by atoms with Gasteiger partial charge in [0.05, 0.1) is 6.07 Å². The van der Waals surface area contributed by atoms with Gasteiger partial charge in [0.25, 0.3) is 0 Å². The van der Waals surface area contributed by atoms with E-state index in [9.17, 15) is 9.59 Å². The van der Waals surface area contributed by atoms with Gasteiger partial charge >= 0.3 is 11.8 Å². The molecule has 18 heavy (non-hydrogen) atoms. The van der Waals surface area contributed by atoms with E-state index in [0.29, 0.717) is 6.54 Å². The lowest BCUT2D eigenvalue weighted by Gasteiger charge is -2.08. The maximum atomic E-state index is 11.4. The van der Waals surface area contributed by atoms with Gasteiger partial charge in [0.15, 0.2) is 0 Å². The number of nitriles is 1. The van der Waals surface area contributed by atoms with Crippen LogP contribution in [0.5, 0.6) is 0 Å². The number of benzene rings is 1. The van der Waals surface area contributed by atoms with Crippen LogP contribution in [0.15, 0.2) is 24.3 Å². The van der Waals surface area contributed by atoms with Gasteiger partial charge in [-0.25, -0.2) is 0 Å². The Kier molecular flexibility index (Phi) is 5.39. The Labute approximate surface area is 106 Å². The number of aryl methyl sites for hydroxylation is 1. The third-order valence-corrected chi connectivity index (χ3v) is 2.47. The minimum Gasteiger partial charge on any atom is -0.344 e. The lowest BCUT2D eigenvalue weighted by molar-refractivity contribution is -0.139. The van der Waals surface area contributed by atoms with Crippen molar-refractivity contribution in [3.05, 3.63) is 35.4 Å². The van der Waals surface area contributed by atoms with Gasteiger partial charge in [-0.05, 0) is 17.5 Å². The van der Waals surface area contributed by atoms with E-state index in [2.05, 4.69) is 10.6 Å². The van der Waals surface area contributed by atoms with Crippen molar-refractivity contribution >= 4 is 11.8 Å². The van der Waals surface area contributed by atoms with Gasteiger partial charge in [0.2, 0.25) is 0 Å². The van der Waals surface area contributed by atoms with E-state index in [1.54, 1.807) is 6.07 Å². The van der Waals surface area contributed by atoms with Gasteiger partial charge in [-0.1, -0.05) is 31.2 Å². The molecule has 5 heteroatoms. The molecule has 0 aliphatic carbocycles. The highest BCUT2D eigenvalue weighted by atomic mass is 16.2. The number of nitrogens with one attached hydrogen (secondary N) is 2. The molecular weight excluding hydrogens is 230 g/mol. The van der Waals surface area contributed by atoms with Crippen LogP contribution in [0.3, 0.4) is 0 Å². The maximum absolute atomic E-state index is 11.4. The standard InChI is InChI=1S/C13H15N3O2/c1-2-10-5-3-4-6-11(10)9-16-13(18)12(17)15-8-7-14/h3-6H,2,8-9H2,1H3,(H,15,17)(H,16,18). The molecular formula is C13H15N3O2. The Hall–Kier alpha value is -2.35.